The zero-order chi connectivity index (χ0) is 21.0. The highest BCUT2D eigenvalue weighted by Gasteiger charge is 2.30. The van der Waals surface area contributed by atoms with Gasteiger partial charge in [-0.2, -0.15) is 0 Å². The maximum absolute atomic E-state index is 13.3. The van der Waals surface area contributed by atoms with Crippen LogP contribution in [-0.2, 0) is 19.1 Å². The van der Waals surface area contributed by atoms with E-state index in [9.17, 15) is 14.4 Å². The average molecular weight is 393 g/mol. The summed E-state index contributed by atoms with van der Waals surface area (Å²) in [6.07, 6.45) is -0.0210. The molecule has 2 atom stereocenters. The van der Waals surface area contributed by atoms with Crippen LogP contribution in [-0.4, -0.2) is 38.1 Å². The summed E-state index contributed by atoms with van der Waals surface area (Å²) in [5.74, 6) is -1.97. The molecule has 29 heavy (non-hydrogen) atoms. The summed E-state index contributed by atoms with van der Waals surface area (Å²) in [5, 5.41) is 6.20. The number of rotatable bonds is 6. The molecule has 1 amide bonds. The Morgan fingerprint density at radius 2 is 1.45 bits per heavy atom. The Morgan fingerprint density at radius 1 is 0.897 bits per heavy atom. The van der Waals surface area contributed by atoms with Gasteiger partial charge in [0, 0.05) is 0 Å². The van der Waals surface area contributed by atoms with E-state index in [0.717, 1.165) is 21.5 Å². The van der Waals surface area contributed by atoms with E-state index in [1.54, 1.807) is 6.92 Å². The van der Waals surface area contributed by atoms with Gasteiger partial charge in [-0.3, -0.25) is 9.59 Å². The van der Waals surface area contributed by atoms with Crippen molar-refractivity contribution in [3.05, 3.63) is 60.2 Å². The van der Waals surface area contributed by atoms with Crippen LogP contribution in [0.15, 0.2) is 54.6 Å². The molecule has 6 nitrogen and oxygen atoms in total. The molecule has 0 aromatic heterocycles. The topological polar surface area (TPSA) is 81.7 Å². The number of fused-ring (bicyclic) bond motifs is 2. The Bertz CT molecular complexity index is 1020. The average Bonchev–Trinajstić information content (AvgIpc) is 2.74. The molecule has 0 aliphatic rings. The molecule has 0 unspecified atom stereocenters. The molecule has 0 heterocycles. The lowest BCUT2D eigenvalue weighted by Crippen LogP contribution is -2.46. The molecule has 0 bridgehead atoms. The van der Waals surface area contributed by atoms with Crippen molar-refractivity contribution in [2.24, 2.45) is 5.92 Å². The van der Waals surface area contributed by atoms with Crippen LogP contribution in [0, 0.1) is 5.92 Å². The number of hydrogen-bond acceptors (Lipinski definition) is 5. The standard InChI is InChI=1S/C23H23NO5/c1-14(12-19(25)28-2)21(23(27)29-3)24-22(26)20-17-10-6-4-8-15(17)13-16-9-5-7-11-18(16)20/h4-11,13-14,21H,12H2,1-3H3,(H,24,26)/t14-,21-/m0/s1. The van der Waals surface area contributed by atoms with Gasteiger partial charge >= 0.3 is 11.9 Å². The van der Waals surface area contributed by atoms with Crippen molar-refractivity contribution in [2.45, 2.75) is 19.4 Å². The van der Waals surface area contributed by atoms with Crippen molar-refractivity contribution in [3.63, 3.8) is 0 Å². The van der Waals surface area contributed by atoms with Crippen molar-refractivity contribution in [3.8, 4) is 0 Å². The van der Waals surface area contributed by atoms with E-state index in [1.807, 2.05) is 54.6 Å². The molecule has 3 aromatic rings. The van der Waals surface area contributed by atoms with E-state index in [-0.39, 0.29) is 6.42 Å². The molecule has 0 radical (unpaired) electrons. The fourth-order valence-electron chi connectivity index (χ4n) is 3.50. The minimum Gasteiger partial charge on any atom is -0.469 e. The Labute approximate surface area is 168 Å². The third kappa shape index (κ3) is 4.21. The van der Waals surface area contributed by atoms with Crippen molar-refractivity contribution in [1.29, 1.82) is 0 Å². The first-order valence-electron chi connectivity index (χ1n) is 9.32. The Kier molecular flexibility index (Phi) is 6.12. The van der Waals surface area contributed by atoms with Gasteiger partial charge in [0.2, 0.25) is 0 Å². The number of carbonyl (C=O) groups excluding carboxylic acids is 3. The van der Waals surface area contributed by atoms with E-state index in [4.69, 9.17) is 4.74 Å². The van der Waals surface area contributed by atoms with Crippen LogP contribution in [0.1, 0.15) is 23.7 Å². The fourth-order valence-corrected chi connectivity index (χ4v) is 3.50. The lowest BCUT2D eigenvalue weighted by molar-refractivity contribution is -0.146. The van der Waals surface area contributed by atoms with Crippen LogP contribution in [0.25, 0.3) is 21.5 Å². The van der Waals surface area contributed by atoms with Crippen molar-refractivity contribution in [1.82, 2.24) is 5.32 Å². The van der Waals surface area contributed by atoms with E-state index >= 15 is 0 Å². The molecule has 3 rings (SSSR count). The predicted molar refractivity (Wildman–Crippen MR) is 111 cm³/mol. The number of amides is 1. The normalized spacial score (nSPS) is 12.9. The van der Waals surface area contributed by atoms with Gasteiger partial charge in [0.25, 0.3) is 5.91 Å². The molecule has 3 aromatic carbocycles. The molecule has 0 fully saturated rings. The highest BCUT2D eigenvalue weighted by molar-refractivity contribution is 6.18. The van der Waals surface area contributed by atoms with Gasteiger partial charge in [0.05, 0.1) is 26.2 Å². The van der Waals surface area contributed by atoms with Gasteiger partial charge in [-0.15, -0.1) is 0 Å². The van der Waals surface area contributed by atoms with Crippen molar-refractivity contribution < 1.29 is 23.9 Å². The number of nitrogens with one attached hydrogen (secondary N) is 1. The molecule has 0 aliphatic heterocycles. The van der Waals surface area contributed by atoms with Crippen molar-refractivity contribution >= 4 is 39.4 Å². The van der Waals surface area contributed by atoms with Crippen LogP contribution in [0.4, 0.5) is 0 Å². The second-order valence-electron chi connectivity index (χ2n) is 6.93. The highest BCUT2D eigenvalue weighted by Crippen LogP contribution is 2.28. The Hall–Kier alpha value is -3.41. The molecular weight excluding hydrogens is 370 g/mol. The summed E-state index contributed by atoms with van der Waals surface area (Å²) in [6, 6.07) is 16.2. The summed E-state index contributed by atoms with van der Waals surface area (Å²) in [7, 11) is 2.53. The fraction of sp³-hybridized carbons (Fsp3) is 0.261. The quantitative estimate of drug-likeness (QED) is 0.512. The van der Waals surface area contributed by atoms with Crippen LogP contribution < -0.4 is 5.32 Å². The third-order valence-corrected chi connectivity index (χ3v) is 5.03. The zero-order valence-corrected chi connectivity index (χ0v) is 16.6. The summed E-state index contributed by atoms with van der Waals surface area (Å²) in [4.78, 5) is 37.3. The molecule has 0 aliphatic carbocycles. The van der Waals surface area contributed by atoms with Crippen molar-refractivity contribution in [2.75, 3.05) is 14.2 Å². The molecule has 150 valence electrons. The molecule has 6 heteroatoms. The number of methoxy groups -OCH3 is 2. The molecule has 1 N–H and O–H groups in total. The lowest BCUT2D eigenvalue weighted by Gasteiger charge is -2.23. The number of carbonyl (C=O) groups is 3. The smallest absolute Gasteiger partial charge is 0.328 e. The number of benzene rings is 3. The van der Waals surface area contributed by atoms with E-state index in [0.29, 0.717) is 5.56 Å². The van der Waals surface area contributed by atoms with Gasteiger partial charge in [-0.1, -0.05) is 55.5 Å². The van der Waals surface area contributed by atoms with Gasteiger partial charge in [0.15, 0.2) is 0 Å². The SMILES string of the molecule is COC(=O)C[C@H](C)[C@H](NC(=O)c1c2ccccc2cc2ccccc12)C(=O)OC. The van der Waals surface area contributed by atoms with Crippen LogP contribution in [0.3, 0.4) is 0 Å². The minimum atomic E-state index is -0.982. The number of esters is 2. The summed E-state index contributed by atoms with van der Waals surface area (Å²) < 4.78 is 9.54. The van der Waals surface area contributed by atoms with Crippen LogP contribution >= 0.6 is 0 Å². The van der Waals surface area contributed by atoms with Gasteiger partial charge < -0.3 is 14.8 Å². The van der Waals surface area contributed by atoms with Gasteiger partial charge in [0.1, 0.15) is 6.04 Å². The van der Waals surface area contributed by atoms with Gasteiger partial charge in [-0.25, -0.2) is 4.79 Å². The summed E-state index contributed by atoms with van der Waals surface area (Å²) in [5.41, 5.74) is 0.484. The highest BCUT2D eigenvalue weighted by atomic mass is 16.5. The maximum atomic E-state index is 13.3. The van der Waals surface area contributed by atoms with E-state index in [2.05, 4.69) is 10.1 Å². The molecule has 0 saturated carbocycles. The van der Waals surface area contributed by atoms with Crippen LogP contribution in [0.2, 0.25) is 0 Å². The molecule has 0 spiro atoms. The lowest BCUT2D eigenvalue weighted by atomic mass is 9.94. The number of ether oxygens (including phenoxy) is 2. The summed E-state index contributed by atoms with van der Waals surface area (Å²) in [6.45, 7) is 1.69. The van der Waals surface area contributed by atoms with E-state index in [1.165, 1.54) is 14.2 Å². The second-order valence-corrected chi connectivity index (χ2v) is 6.93. The second kappa shape index (κ2) is 8.73. The zero-order valence-electron chi connectivity index (χ0n) is 16.6. The van der Waals surface area contributed by atoms with E-state index < -0.39 is 29.8 Å². The molecular formula is C23H23NO5. The summed E-state index contributed by atoms with van der Waals surface area (Å²) >= 11 is 0. The monoisotopic (exact) mass is 393 g/mol. The first-order valence-corrected chi connectivity index (χ1v) is 9.32. The molecule has 0 saturated heterocycles. The first-order chi connectivity index (χ1) is 14.0. The van der Waals surface area contributed by atoms with Crippen LogP contribution in [0.5, 0.6) is 0 Å². The Balaban J connectivity index is 2.04. The maximum Gasteiger partial charge on any atom is 0.328 e. The van der Waals surface area contributed by atoms with Gasteiger partial charge in [-0.05, 0) is 33.5 Å². The first kappa shape index (κ1) is 20.3. The largest absolute Gasteiger partial charge is 0.469 e. The minimum absolute atomic E-state index is 0.0210. The number of hydrogen-bond donors (Lipinski definition) is 1. The third-order valence-electron chi connectivity index (χ3n) is 5.03. The predicted octanol–water partition coefficient (Wildman–Crippen LogP) is 3.46. The Morgan fingerprint density at radius 3 is 1.97 bits per heavy atom.